The summed E-state index contributed by atoms with van der Waals surface area (Å²) in [5.41, 5.74) is 0.483. The number of rotatable bonds is 6. The number of hydrogen-bond acceptors (Lipinski definition) is 4. The molecule has 1 aliphatic rings. The SMILES string of the molecule is C=CCNS(=O)(=O)c1ccc(C(=O)N(C)C2CCNC2)cc1. The molecule has 2 rings (SSSR count). The van der Waals surface area contributed by atoms with Gasteiger partial charge in [-0.15, -0.1) is 6.58 Å². The summed E-state index contributed by atoms with van der Waals surface area (Å²) in [5.74, 6) is -0.100. The molecule has 1 fully saturated rings. The molecule has 0 aliphatic carbocycles. The van der Waals surface area contributed by atoms with Gasteiger partial charge in [0.25, 0.3) is 5.91 Å². The summed E-state index contributed by atoms with van der Waals surface area (Å²) in [4.78, 5) is 14.2. The second kappa shape index (κ2) is 7.04. The van der Waals surface area contributed by atoms with Gasteiger partial charge in [-0.25, -0.2) is 13.1 Å². The minimum absolute atomic E-state index is 0.100. The van der Waals surface area contributed by atoms with Crippen LogP contribution in [0.5, 0.6) is 0 Å². The maximum Gasteiger partial charge on any atom is 0.253 e. The van der Waals surface area contributed by atoms with Crippen molar-refractivity contribution in [3.63, 3.8) is 0 Å². The Morgan fingerprint density at radius 2 is 2.14 bits per heavy atom. The van der Waals surface area contributed by atoms with Crippen LogP contribution in [0.15, 0.2) is 41.8 Å². The van der Waals surface area contributed by atoms with Gasteiger partial charge in [-0.1, -0.05) is 6.08 Å². The lowest BCUT2D eigenvalue weighted by atomic mass is 10.1. The highest BCUT2D eigenvalue weighted by molar-refractivity contribution is 7.89. The summed E-state index contributed by atoms with van der Waals surface area (Å²) >= 11 is 0. The fourth-order valence-electron chi connectivity index (χ4n) is 2.37. The van der Waals surface area contributed by atoms with Gasteiger partial charge >= 0.3 is 0 Å². The minimum atomic E-state index is -3.56. The lowest BCUT2D eigenvalue weighted by Gasteiger charge is -2.23. The normalized spacial score (nSPS) is 18.1. The molecule has 0 radical (unpaired) electrons. The second-order valence-corrected chi connectivity index (χ2v) is 6.99. The predicted octanol–water partition coefficient (Wildman–Crippen LogP) is 0.585. The molecule has 0 saturated carbocycles. The van der Waals surface area contributed by atoms with Crippen LogP contribution < -0.4 is 10.0 Å². The molecule has 1 heterocycles. The first-order valence-electron chi connectivity index (χ1n) is 7.14. The average Bonchev–Trinajstić information content (AvgIpc) is 3.06. The predicted molar refractivity (Wildman–Crippen MR) is 85.2 cm³/mol. The van der Waals surface area contributed by atoms with Crippen LogP contribution in [0.1, 0.15) is 16.8 Å². The van der Waals surface area contributed by atoms with Crippen LogP contribution in [0.3, 0.4) is 0 Å². The van der Waals surface area contributed by atoms with Crippen molar-refractivity contribution in [2.24, 2.45) is 0 Å². The topological polar surface area (TPSA) is 78.5 Å². The van der Waals surface area contributed by atoms with Crippen molar-refractivity contribution in [2.75, 3.05) is 26.7 Å². The van der Waals surface area contributed by atoms with Gasteiger partial charge in [-0.3, -0.25) is 4.79 Å². The van der Waals surface area contributed by atoms with Crippen molar-refractivity contribution in [3.8, 4) is 0 Å². The number of nitrogens with zero attached hydrogens (tertiary/aromatic N) is 1. The summed E-state index contributed by atoms with van der Waals surface area (Å²) in [6.45, 7) is 5.34. The summed E-state index contributed by atoms with van der Waals surface area (Å²) in [7, 11) is -1.78. The van der Waals surface area contributed by atoms with Crippen LogP contribution >= 0.6 is 0 Å². The molecule has 7 heteroatoms. The molecule has 1 aromatic rings. The highest BCUT2D eigenvalue weighted by Gasteiger charge is 2.24. The third-order valence-electron chi connectivity index (χ3n) is 3.73. The lowest BCUT2D eigenvalue weighted by molar-refractivity contribution is 0.0743. The van der Waals surface area contributed by atoms with Gasteiger partial charge in [-0.2, -0.15) is 0 Å². The van der Waals surface area contributed by atoms with E-state index >= 15 is 0 Å². The van der Waals surface area contributed by atoms with Crippen LogP contribution in [0.2, 0.25) is 0 Å². The highest BCUT2D eigenvalue weighted by atomic mass is 32.2. The van der Waals surface area contributed by atoms with Crippen molar-refractivity contribution in [3.05, 3.63) is 42.5 Å². The highest BCUT2D eigenvalue weighted by Crippen LogP contribution is 2.14. The van der Waals surface area contributed by atoms with Crippen LogP contribution in [-0.4, -0.2) is 51.9 Å². The summed E-state index contributed by atoms with van der Waals surface area (Å²) < 4.78 is 26.3. The Morgan fingerprint density at radius 3 is 2.68 bits per heavy atom. The zero-order valence-corrected chi connectivity index (χ0v) is 13.4. The largest absolute Gasteiger partial charge is 0.337 e. The van der Waals surface area contributed by atoms with Gasteiger partial charge in [0.2, 0.25) is 10.0 Å². The number of benzene rings is 1. The smallest absolute Gasteiger partial charge is 0.253 e. The quantitative estimate of drug-likeness (QED) is 0.751. The maximum absolute atomic E-state index is 12.4. The first kappa shape index (κ1) is 16.7. The fourth-order valence-corrected chi connectivity index (χ4v) is 3.37. The number of carbonyl (C=O) groups is 1. The Morgan fingerprint density at radius 1 is 1.45 bits per heavy atom. The van der Waals surface area contributed by atoms with Crippen molar-refractivity contribution in [1.82, 2.24) is 14.9 Å². The molecule has 0 spiro atoms. The molecule has 1 unspecified atom stereocenters. The molecule has 1 saturated heterocycles. The first-order valence-corrected chi connectivity index (χ1v) is 8.62. The molecule has 1 atom stereocenters. The molecular formula is C15H21N3O3S. The Hall–Kier alpha value is -1.70. The summed E-state index contributed by atoms with van der Waals surface area (Å²) in [6.07, 6.45) is 2.40. The van der Waals surface area contributed by atoms with E-state index in [0.29, 0.717) is 5.56 Å². The van der Waals surface area contributed by atoms with Crippen molar-refractivity contribution >= 4 is 15.9 Å². The van der Waals surface area contributed by atoms with E-state index in [1.807, 2.05) is 0 Å². The standard InChI is InChI=1S/C15H21N3O3S/c1-3-9-17-22(20,21)14-6-4-12(5-7-14)15(19)18(2)13-8-10-16-11-13/h3-7,13,16-17H,1,8-11H2,2H3. The Balaban J connectivity index is 2.11. The first-order chi connectivity index (χ1) is 10.5. The zero-order chi connectivity index (χ0) is 16.2. The maximum atomic E-state index is 12.4. The van der Waals surface area contributed by atoms with Crippen LogP contribution in [0.25, 0.3) is 0 Å². The van der Waals surface area contributed by atoms with Crippen LogP contribution in [-0.2, 0) is 10.0 Å². The van der Waals surface area contributed by atoms with E-state index in [1.54, 1.807) is 24.1 Å². The van der Waals surface area contributed by atoms with Gasteiger partial charge in [-0.05, 0) is 37.2 Å². The van der Waals surface area contributed by atoms with Crippen LogP contribution in [0.4, 0.5) is 0 Å². The third-order valence-corrected chi connectivity index (χ3v) is 5.17. The Bertz CT molecular complexity index is 635. The lowest BCUT2D eigenvalue weighted by Crippen LogP contribution is -2.38. The number of sulfonamides is 1. The van der Waals surface area contributed by atoms with E-state index < -0.39 is 10.0 Å². The number of amides is 1. The molecule has 0 bridgehead atoms. The molecule has 1 amide bonds. The molecular weight excluding hydrogens is 302 g/mol. The van der Waals surface area contributed by atoms with E-state index in [9.17, 15) is 13.2 Å². The van der Waals surface area contributed by atoms with E-state index in [4.69, 9.17) is 0 Å². The Kier molecular flexibility index (Phi) is 5.33. The van der Waals surface area contributed by atoms with Gasteiger partial charge in [0.05, 0.1) is 4.90 Å². The molecule has 6 nitrogen and oxygen atoms in total. The Labute approximate surface area is 131 Å². The number of carbonyl (C=O) groups excluding carboxylic acids is 1. The van der Waals surface area contributed by atoms with Crippen molar-refractivity contribution < 1.29 is 13.2 Å². The minimum Gasteiger partial charge on any atom is -0.337 e. The fraction of sp³-hybridized carbons (Fsp3) is 0.400. The van der Waals surface area contributed by atoms with Gasteiger partial charge in [0.15, 0.2) is 0 Å². The molecule has 22 heavy (non-hydrogen) atoms. The third kappa shape index (κ3) is 3.73. The van der Waals surface area contributed by atoms with E-state index in [1.165, 1.54) is 18.2 Å². The number of nitrogens with one attached hydrogen (secondary N) is 2. The molecule has 1 aromatic carbocycles. The van der Waals surface area contributed by atoms with E-state index in [2.05, 4.69) is 16.6 Å². The van der Waals surface area contributed by atoms with Crippen LogP contribution in [0, 0.1) is 0 Å². The van der Waals surface area contributed by atoms with Gasteiger partial charge in [0, 0.05) is 31.7 Å². The van der Waals surface area contributed by atoms with Gasteiger partial charge in [0.1, 0.15) is 0 Å². The average molecular weight is 323 g/mol. The molecule has 1 aliphatic heterocycles. The second-order valence-electron chi connectivity index (χ2n) is 5.23. The summed E-state index contributed by atoms with van der Waals surface area (Å²) in [6, 6.07) is 6.16. The monoisotopic (exact) mass is 323 g/mol. The number of hydrogen-bond donors (Lipinski definition) is 2. The number of likely N-dealkylation sites (N-methyl/N-ethyl adjacent to an activating group) is 1. The molecule has 2 N–H and O–H groups in total. The zero-order valence-electron chi connectivity index (χ0n) is 12.6. The molecule has 0 aromatic heterocycles. The molecule has 120 valence electrons. The van der Waals surface area contributed by atoms with Crippen molar-refractivity contribution in [2.45, 2.75) is 17.4 Å². The van der Waals surface area contributed by atoms with Gasteiger partial charge < -0.3 is 10.2 Å². The van der Waals surface area contributed by atoms with E-state index in [0.717, 1.165) is 19.5 Å². The van der Waals surface area contributed by atoms with E-state index in [-0.39, 0.29) is 23.4 Å². The van der Waals surface area contributed by atoms with Crippen molar-refractivity contribution in [1.29, 1.82) is 0 Å². The summed E-state index contributed by atoms with van der Waals surface area (Å²) in [5, 5.41) is 3.22.